The van der Waals surface area contributed by atoms with Gasteiger partial charge in [-0.1, -0.05) is 12.1 Å². The van der Waals surface area contributed by atoms with Gasteiger partial charge in [0, 0.05) is 19.2 Å². The molecule has 2 unspecified atom stereocenters. The number of hydrogen-bond acceptors (Lipinski definition) is 4. The number of rotatable bonds is 3. The second kappa shape index (κ2) is 7.02. The molecule has 21 heavy (non-hydrogen) atoms. The molecule has 0 saturated carbocycles. The van der Waals surface area contributed by atoms with Crippen molar-refractivity contribution in [1.29, 1.82) is 5.26 Å². The molecule has 5 nitrogen and oxygen atoms in total. The highest BCUT2D eigenvalue weighted by Gasteiger charge is 2.26. The van der Waals surface area contributed by atoms with Gasteiger partial charge < -0.3 is 14.7 Å². The predicted octanol–water partition coefficient (Wildman–Crippen LogP) is 1.18. The van der Waals surface area contributed by atoms with Crippen LogP contribution in [-0.2, 0) is 9.53 Å². The Morgan fingerprint density at radius 1 is 1.48 bits per heavy atom. The van der Waals surface area contributed by atoms with E-state index in [0.717, 1.165) is 5.56 Å². The average molecular weight is 286 g/mol. The molecule has 1 fully saturated rings. The molecule has 0 aromatic heterocycles. The smallest absolute Gasteiger partial charge is 0.246 e. The number of carbonyl (C=O) groups excluding carboxylic acids is 1. The van der Waals surface area contributed by atoms with E-state index in [1.54, 1.807) is 35.2 Å². The molecule has 0 radical (unpaired) electrons. The van der Waals surface area contributed by atoms with Gasteiger partial charge in [-0.2, -0.15) is 5.26 Å². The number of ether oxygens (including phenoxy) is 1. The van der Waals surface area contributed by atoms with Crippen LogP contribution in [0.15, 0.2) is 30.3 Å². The van der Waals surface area contributed by atoms with Crippen molar-refractivity contribution in [3.63, 3.8) is 0 Å². The van der Waals surface area contributed by atoms with Crippen LogP contribution >= 0.6 is 0 Å². The molecule has 1 heterocycles. The highest BCUT2D eigenvalue weighted by molar-refractivity contribution is 5.91. The van der Waals surface area contributed by atoms with E-state index in [1.807, 2.05) is 6.92 Å². The number of benzene rings is 1. The van der Waals surface area contributed by atoms with E-state index >= 15 is 0 Å². The van der Waals surface area contributed by atoms with Gasteiger partial charge in [0.25, 0.3) is 0 Å². The zero-order valence-corrected chi connectivity index (χ0v) is 11.9. The van der Waals surface area contributed by atoms with Crippen molar-refractivity contribution < 1.29 is 14.6 Å². The van der Waals surface area contributed by atoms with Gasteiger partial charge in [0.05, 0.1) is 30.4 Å². The molecule has 1 saturated heterocycles. The summed E-state index contributed by atoms with van der Waals surface area (Å²) in [6.07, 6.45) is 2.83. The third-order valence-corrected chi connectivity index (χ3v) is 3.30. The fourth-order valence-electron chi connectivity index (χ4n) is 2.27. The van der Waals surface area contributed by atoms with E-state index < -0.39 is 0 Å². The molecule has 5 heteroatoms. The number of nitriles is 1. The van der Waals surface area contributed by atoms with Crippen molar-refractivity contribution in [2.45, 2.75) is 19.1 Å². The van der Waals surface area contributed by atoms with Gasteiger partial charge in [-0.15, -0.1) is 0 Å². The lowest BCUT2D eigenvalue weighted by Crippen LogP contribution is -2.49. The van der Waals surface area contributed by atoms with Gasteiger partial charge in [0.1, 0.15) is 0 Å². The third kappa shape index (κ3) is 4.15. The molecule has 1 aliphatic heterocycles. The summed E-state index contributed by atoms with van der Waals surface area (Å²) in [5, 5.41) is 17.9. The second-order valence-electron chi connectivity index (χ2n) is 5.06. The van der Waals surface area contributed by atoms with Crippen molar-refractivity contribution >= 4 is 12.0 Å². The van der Waals surface area contributed by atoms with E-state index in [4.69, 9.17) is 15.1 Å². The summed E-state index contributed by atoms with van der Waals surface area (Å²) in [6, 6.07) is 9.06. The minimum Gasteiger partial charge on any atom is -0.394 e. The van der Waals surface area contributed by atoms with Crippen LogP contribution in [0.5, 0.6) is 0 Å². The Morgan fingerprint density at radius 3 is 2.81 bits per heavy atom. The Balaban J connectivity index is 1.99. The summed E-state index contributed by atoms with van der Waals surface area (Å²) in [5.41, 5.74) is 1.45. The zero-order chi connectivity index (χ0) is 15.2. The molecule has 1 aromatic carbocycles. The van der Waals surface area contributed by atoms with E-state index in [1.165, 1.54) is 6.08 Å². The lowest BCUT2D eigenvalue weighted by atomic mass is 10.1. The summed E-state index contributed by atoms with van der Waals surface area (Å²) in [5.74, 6) is -0.104. The fourth-order valence-corrected chi connectivity index (χ4v) is 2.27. The van der Waals surface area contributed by atoms with Crippen LogP contribution in [0, 0.1) is 11.3 Å². The Hall–Kier alpha value is -2.16. The van der Waals surface area contributed by atoms with Crippen molar-refractivity contribution in [1.82, 2.24) is 4.90 Å². The number of aliphatic hydroxyl groups is 1. The highest BCUT2D eigenvalue weighted by Crippen LogP contribution is 2.12. The van der Waals surface area contributed by atoms with Gasteiger partial charge >= 0.3 is 0 Å². The zero-order valence-electron chi connectivity index (χ0n) is 11.9. The van der Waals surface area contributed by atoms with Crippen molar-refractivity contribution in [3.05, 3.63) is 41.5 Å². The summed E-state index contributed by atoms with van der Waals surface area (Å²) >= 11 is 0. The number of nitrogens with zero attached hydrogens (tertiary/aromatic N) is 2. The quantitative estimate of drug-likeness (QED) is 0.847. The van der Waals surface area contributed by atoms with E-state index in [-0.39, 0.29) is 24.7 Å². The van der Waals surface area contributed by atoms with Crippen LogP contribution in [0.25, 0.3) is 6.08 Å². The van der Waals surface area contributed by atoms with Gasteiger partial charge in [0.15, 0.2) is 0 Å². The van der Waals surface area contributed by atoms with Gasteiger partial charge in [-0.05, 0) is 30.7 Å². The van der Waals surface area contributed by atoms with E-state index in [9.17, 15) is 4.79 Å². The molecular formula is C16H18N2O3. The number of aliphatic hydroxyl groups excluding tert-OH is 1. The van der Waals surface area contributed by atoms with Gasteiger partial charge in [-0.3, -0.25) is 4.79 Å². The molecule has 1 aromatic rings. The SMILES string of the molecule is CC1CN(C(=O)/C=C/c2ccc(C#N)cc2)CC(CO)O1. The Labute approximate surface area is 124 Å². The second-order valence-corrected chi connectivity index (χ2v) is 5.06. The van der Waals surface area contributed by atoms with Crippen LogP contribution in [0.1, 0.15) is 18.1 Å². The standard InChI is InChI=1S/C16H18N2O3/c1-12-9-18(10-15(11-19)21-12)16(20)7-6-13-2-4-14(8-17)5-3-13/h2-7,12,15,19H,9-11H2,1H3/b7-6+. The number of morpholine rings is 1. The molecule has 0 aliphatic carbocycles. The fraction of sp³-hybridized carbons (Fsp3) is 0.375. The van der Waals surface area contributed by atoms with Crippen molar-refractivity contribution in [2.75, 3.05) is 19.7 Å². The predicted molar refractivity (Wildman–Crippen MR) is 78.2 cm³/mol. The minimum atomic E-state index is -0.319. The summed E-state index contributed by atoms with van der Waals surface area (Å²) < 4.78 is 5.51. The largest absolute Gasteiger partial charge is 0.394 e. The van der Waals surface area contributed by atoms with Crippen molar-refractivity contribution in [2.24, 2.45) is 0 Å². The Morgan fingerprint density at radius 2 is 2.19 bits per heavy atom. The van der Waals surface area contributed by atoms with E-state index in [2.05, 4.69) is 6.07 Å². The number of carbonyl (C=O) groups is 1. The lowest BCUT2D eigenvalue weighted by molar-refractivity contribution is -0.142. The molecule has 1 aliphatic rings. The Bertz CT molecular complexity index is 560. The summed E-state index contributed by atoms with van der Waals surface area (Å²) in [6.45, 7) is 2.71. The number of amides is 1. The monoisotopic (exact) mass is 286 g/mol. The first-order valence-corrected chi connectivity index (χ1v) is 6.86. The molecule has 110 valence electrons. The normalized spacial score (nSPS) is 22.2. The molecule has 2 atom stereocenters. The average Bonchev–Trinajstić information content (AvgIpc) is 2.52. The van der Waals surface area contributed by atoms with E-state index in [0.29, 0.717) is 18.7 Å². The molecule has 1 amide bonds. The molecule has 2 rings (SSSR count). The first-order valence-electron chi connectivity index (χ1n) is 6.86. The van der Waals surface area contributed by atoms with Gasteiger partial charge in [-0.25, -0.2) is 0 Å². The molecule has 0 bridgehead atoms. The van der Waals surface area contributed by atoms with Crippen molar-refractivity contribution in [3.8, 4) is 6.07 Å². The minimum absolute atomic E-state index is 0.0804. The first-order chi connectivity index (χ1) is 10.1. The lowest BCUT2D eigenvalue weighted by Gasteiger charge is -2.35. The maximum Gasteiger partial charge on any atom is 0.246 e. The van der Waals surface area contributed by atoms with Crippen LogP contribution < -0.4 is 0 Å². The number of hydrogen-bond donors (Lipinski definition) is 1. The van der Waals surface area contributed by atoms with Crippen LogP contribution in [-0.4, -0.2) is 47.8 Å². The first kappa shape index (κ1) is 15.2. The topological polar surface area (TPSA) is 73.6 Å². The molecule has 1 N–H and O–H groups in total. The van der Waals surface area contributed by atoms with Crippen LogP contribution in [0.3, 0.4) is 0 Å². The molecule has 0 spiro atoms. The Kier molecular flexibility index (Phi) is 5.09. The highest BCUT2D eigenvalue weighted by atomic mass is 16.5. The van der Waals surface area contributed by atoms with Crippen LogP contribution in [0.2, 0.25) is 0 Å². The van der Waals surface area contributed by atoms with Crippen LogP contribution in [0.4, 0.5) is 0 Å². The summed E-state index contributed by atoms with van der Waals surface area (Å²) in [4.78, 5) is 13.8. The maximum absolute atomic E-state index is 12.2. The summed E-state index contributed by atoms with van der Waals surface area (Å²) in [7, 11) is 0. The molecular weight excluding hydrogens is 268 g/mol. The van der Waals surface area contributed by atoms with Gasteiger partial charge in [0.2, 0.25) is 5.91 Å². The maximum atomic E-state index is 12.2. The third-order valence-electron chi connectivity index (χ3n) is 3.30.